The molecule has 0 atom stereocenters. The highest BCUT2D eigenvalue weighted by Crippen LogP contribution is 1.87. The molecule has 0 fully saturated rings. The lowest BCUT2D eigenvalue weighted by Crippen LogP contribution is -2.39. The number of rotatable bonds is 5. The topological polar surface area (TPSA) is 85.1 Å². The molecule has 1 rings (SSSR count). The maximum absolute atomic E-state index is 11.8. The number of nitrogens with zero attached hydrogens (tertiary/aromatic N) is 2. The fourth-order valence-corrected chi connectivity index (χ4v) is 1.55. The van der Waals surface area contributed by atoms with Crippen LogP contribution < -0.4 is 21.9 Å². The quantitative estimate of drug-likeness (QED) is 0.614. The van der Waals surface area contributed by atoms with Gasteiger partial charge in [0.15, 0.2) is 0 Å². The third kappa shape index (κ3) is 3.30. The molecule has 1 heterocycles. The number of aromatic nitrogens is 2. The minimum Gasteiger partial charge on any atom is -0.359 e. The van der Waals surface area contributed by atoms with E-state index in [0.717, 1.165) is 4.57 Å². The lowest BCUT2D eigenvalue weighted by molar-refractivity contribution is -0.120. The molecule has 100 valence electrons. The van der Waals surface area contributed by atoms with Gasteiger partial charge in [0, 0.05) is 52.4 Å². The van der Waals surface area contributed by atoms with Gasteiger partial charge in [0.2, 0.25) is 5.91 Å². The van der Waals surface area contributed by atoms with Crippen molar-refractivity contribution in [2.24, 2.45) is 14.1 Å². The maximum Gasteiger partial charge on any atom is 0.330 e. The van der Waals surface area contributed by atoms with E-state index >= 15 is 0 Å². The highest BCUT2D eigenvalue weighted by Gasteiger charge is 2.06. The minimum atomic E-state index is -0.353. The van der Waals surface area contributed by atoms with Crippen LogP contribution >= 0.6 is 0 Å². The highest BCUT2D eigenvalue weighted by molar-refractivity contribution is 5.75. The Morgan fingerprint density at radius 2 is 2.00 bits per heavy atom. The van der Waals surface area contributed by atoms with E-state index in [1.807, 2.05) is 0 Å². The van der Waals surface area contributed by atoms with Gasteiger partial charge in [-0.3, -0.25) is 14.2 Å². The monoisotopic (exact) mass is 254 g/mol. The first-order chi connectivity index (χ1) is 8.47. The van der Waals surface area contributed by atoms with Crippen molar-refractivity contribution in [3.8, 4) is 0 Å². The third-order valence-electron chi connectivity index (χ3n) is 2.64. The van der Waals surface area contributed by atoms with Crippen molar-refractivity contribution < 1.29 is 4.79 Å². The Bertz CT molecular complexity index is 544. The SMILES string of the molecule is CNC(=O)CCNCc1cn(C)c(=O)n(C)c1=O. The number of aryl methyl sites for hydroxylation is 1. The molecule has 18 heavy (non-hydrogen) atoms. The first kappa shape index (κ1) is 14.2. The van der Waals surface area contributed by atoms with E-state index in [1.54, 1.807) is 14.1 Å². The van der Waals surface area contributed by atoms with Gasteiger partial charge in [0.05, 0.1) is 0 Å². The average molecular weight is 254 g/mol. The zero-order chi connectivity index (χ0) is 13.7. The van der Waals surface area contributed by atoms with Crippen LogP contribution in [0.2, 0.25) is 0 Å². The first-order valence-corrected chi connectivity index (χ1v) is 5.64. The number of hydrogen-bond donors (Lipinski definition) is 2. The maximum atomic E-state index is 11.8. The van der Waals surface area contributed by atoms with Crippen molar-refractivity contribution in [1.29, 1.82) is 0 Å². The molecule has 0 aliphatic rings. The van der Waals surface area contributed by atoms with Crippen molar-refractivity contribution >= 4 is 5.91 Å². The second-order valence-electron chi connectivity index (χ2n) is 4.01. The molecule has 7 nitrogen and oxygen atoms in total. The second kappa shape index (κ2) is 6.15. The van der Waals surface area contributed by atoms with E-state index in [9.17, 15) is 14.4 Å². The summed E-state index contributed by atoms with van der Waals surface area (Å²) < 4.78 is 2.42. The van der Waals surface area contributed by atoms with Gasteiger partial charge < -0.3 is 15.2 Å². The van der Waals surface area contributed by atoms with E-state index in [2.05, 4.69) is 10.6 Å². The van der Waals surface area contributed by atoms with Gasteiger partial charge >= 0.3 is 5.69 Å². The molecule has 0 aliphatic carbocycles. The van der Waals surface area contributed by atoms with Crippen LogP contribution in [0.3, 0.4) is 0 Å². The molecule has 0 aromatic carbocycles. The molecule has 1 aromatic rings. The molecular weight excluding hydrogens is 236 g/mol. The van der Waals surface area contributed by atoms with Crippen LogP contribution in [0, 0.1) is 0 Å². The number of nitrogens with one attached hydrogen (secondary N) is 2. The fraction of sp³-hybridized carbons (Fsp3) is 0.545. The van der Waals surface area contributed by atoms with Crippen LogP contribution in [0.15, 0.2) is 15.8 Å². The number of hydrogen-bond acceptors (Lipinski definition) is 4. The Morgan fingerprint density at radius 3 is 2.61 bits per heavy atom. The van der Waals surface area contributed by atoms with Gasteiger partial charge in [0.1, 0.15) is 0 Å². The van der Waals surface area contributed by atoms with E-state index < -0.39 is 0 Å². The smallest absolute Gasteiger partial charge is 0.330 e. The Balaban J connectivity index is 2.67. The normalized spacial score (nSPS) is 10.4. The van der Waals surface area contributed by atoms with Crippen molar-refractivity contribution in [1.82, 2.24) is 19.8 Å². The van der Waals surface area contributed by atoms with Gasteiger partial charge in [-0.15, -0.1) is 0 Å². The number of carbonyl (C=O) groups excluding carboxylic acids is 1. The Morgan fingerprint density at radius 1 is 1.33 bits per heavy atom. The van der Waals surface area contributed by atoms with E-state index in [4.69, 9.17) is 0 Å². The predicted molar refractivity (Wildman–Crippen MR) is 67.3 cm³/mol. The molecule has 1 aromatic heterocycles. The molecule has 0 radical (unpaired) electrons. The van der Waals surface area contributed by atoms with Crippen molar-refractivity contribution in [2.75, 3.05) is 13.6 Å². The summed E-state index contributed by atoms with van der Waals surface area (Å²) >= 11 is 0. The molecule has 1 amide bonds. The first-order valence-electron chi connectivity index (χ1n) is 5.64. The third-order valence-corrected chi connectivity index (χ3v) is 2.64. The lowest BCUT2D eigenvalue weighted by atomic mass is 10.3. The molecule has 0 saturated heterocycles. The van der Waals surface area contributed by atoms with E-state index in [-0.39, 0.29) is 17.2 Å². The standard InChI is InChI=1S/C11H18N4O3/c1-12-9(16)4-5-13-6-8-7-14(2)11(18)15(3)10(8)17/h7,13H,4-6H2,1-3H3,(H,12,16). The summed E-state index contributed by atoms with van der Waals surface area (Å²) in [5, 5.41) is 5.50. The largest absolute Gasteiger partial charge is 0.359 e. The van der Waals surface area contributed by atoms with Crippen LogP contribution in [0.4, 0.5) is 0 Å². The van der Waals surface area contributed by atoms with Crippen LogP contribution in [-0.2, 0) is 25.4 Å². The summed E-state index contributed by atoms with van der Waals surface area (Å²) in [6.45, 7) is 0.809. The molecule has 0 bridgehead atoms. The van der Waals surface area contributed by atoms with Gasteiger partial charge in [-0.1, -0.05) is 0 Å². The Labute approximate surface area is 104 Å². The summed E-state index contributed by atoms with van der Waals surface area (Å²) in [5.41, 5.74) is -0.170. The zero-order valence-corrected chi connectivity index (χ0v) is 10.8. The summed E-state index contributed by atoms with van der Waals surface area (Å²) in [6, 6.07) is 0. The Hall–Kier alpha value is -1.89. The Kier molecular flexibility index (Phi) is 4.85. The highest BCUT2D eigenvalue weighted by atomic mass is 16.2. The summed E-state index contributed by atoms with van der Waals surface area (Å²) in [7, 11) is 4.61. The van der Waals surface area contributed by atoms with Gasteiger partial charge in [-0.25, -0.2) is 4.79 Å². The molecule has 0 spiro atoms. The van der Waals surface area contributed by atoms with E-state index in [0.29, 0.717) is 25.1 Å². The number of carbonyl (C=O) groups is 1. The predicted octanol–water partition coefficient (Wildman–Crippen LogP) is -1.69. The van der Waals surface area contributed by atoms with Crippen molar-refractivity contribution in [3.05, 3.63) is 32.6 Å². The van der Waals surface area contributed by atoms with Crippen LogP contribution in [0.25, 0.3) is 0 Å². The van der Waals surface area contributed by atoms with Crippen molar-refractivity contribution in [3.63, 3.8) is 0 Å². The zero-order valence-electron chi connectivity index (χ0n) is 10.8. The summed E-state index contributed by atoms with van der Waals surface area (Å²) in [4.78, 5) is 34.2. The summed E-state index contributed by atoms with van der Waals surface area (Å²) in [6.07, 6.45) is 1.86. The molecule has 7 heteroatoms. The molecular formula is C11H18N4O3. The van der Waals surface area contributed by atoms with Gasteiger partial charge in [0.25, 0.3) is 5.56 Å². The molecule has 2 N–H and O–H groups in total. The molecule has 0 saturated carbocycles. The van der Waals surface area contributed by atoms with Crippen LogP contribution in [-0.4, -0.2) is 28.6 Å². The lowest BCUT2D eigenvalue weighted by Gasteiger charge is -2.07. The minimum absolute atomic E-state index is 0.0594. The second-order valence-corrected chi connectivity index (χ2v) is 4.01. The summed E-state index contributed by atoms with van der Waals surface area (Å²) in [5.74, 6) is -0.0594. The van der Waals surface area contributed by atoms with Crippen molar-refractivity contribution in [2.45, 2.75) is 13.0 Å². The van der Waals surface area contributed by atoms with E-state index in [1.165, 1.54) is 17.8 Å². The van der Waals surface area contributed by atoms with Gasteiger partial charge in [-0.05, 0) is 0 Å². The molecule has 0 aliphatic heterocycles. The van der Waals surface area contributed by atoms with Crippen LogP contribution in [0.5, 0.6) is 0 Å². The average Bonchev–Trinajstić information content (AvgIpc) is 2.37. The van der Waals surface area contributed by atoms with Crippen LogP contribution in [0.1, 0.15) is 12.0 Å². The number of amides is 1. The molecule has 0 unspecified atom stereocenters. The fourth-order valence-electron chi connectivity index (χ4n) is 1.55. The van der Waals surface area contributed by atoms with Gasteiger partial charge in [-0.2, -0.15) is 0 Å².